The number of hydrogen-bond acceptors (Lipinski definition) is 6. The van der Waals surface area contributed by atoms with Gasteiger partial charge in [-0.05, 0) is 12.1 Å². The van der Waals surface area contributed by atoms with Gasteiger partial charge in [0.05, 0.1) is 24.3 Å². The van der Waals surface area contributed by atoms with Gasteiger partial charge in [-0.1, -0.05) is 6.07 Å². The normalized spacial score (nSPS) is 14.8. The predicted octanol–water partition coefficient (Wildman–Crippen LogP) is 1.73. The number of aromatic amines is 1. The van der Waals surface area contributed by atoms with Crippen LogP contribution >= 0.6 is 0 Å². The summed E-state index contributed by atoms with van der Waals surface area (Å²) in [6.07, 6.45) is 3.43. The molecule has 0 atom stereocenters. The lowest BCUT2D eigenvalue weighted by molar-refractivity contribution is 0.122. The molecule has 0 bridgehead atoms. The highest BCUT2D eigenvalue weighted by molar-refractivity contribution is 6.00. The Labute approximate surface area is 132 Å². The average molecular weight is 306 g/mol. The van der Waals surface area contributed by atoms with Crippen molar-refractivity contribution in [2.75, 3.05) is 31.2 Å². The fourth-order valence-corrected chi connectivity index (χ4v) is 2.81. The van der Waals surface area contributed by atoms with E-state index in [1.165, 1.54) is 0 Å². The van der Waals surface area contributed by atoms with E-state index in [4.69, 9.17) is 10.00 Å². The first-order valence-corrected chi connectivity index (χ1v) is 7.39. The van der Waals surface area contributed by atoms with Gasteiger partial charge in [-0.25, -0.2) is 15.0 Å². The quantitative estimate of drug-likeness (QED) is 0.775. The van der Waals surface area contributed by atoms with Gasteiger partial charge in [0.2, 0.25) is 0 Å². The molecule has 1 aliphatic heterocycles. The van der Waals surface area contributed by atoms with Crippen LogP contribution < -0.4 is 4.90 Å². The fourth-order valence-electron chi connectivity index (χ4n) is 2.81. The summed E-state index contributed by atoms with van der Waals surface area (Å²) in [5.74, 6) is 0.874. The van der Waals surface area contributed by atoms with E-state index in [2.05, 4.69) is 30.9 Å². The Morgan fingerprint density at radius 2 is 2.09 bits per heavy atom. The van der Waals surface area contributed by atoms with Crippen molar-refractivity contribution < 1.29 is 4.74 Å². The van der Waals surface area contributed by atoms with E-state index in [1.54, 1.807) is 12.4 Å². The van der Waals surface area contributed by atoms with Gasteiger partial charge < -0.3 is 14.6 Å². The van der Waals surface area contributed by atoms with Gasteiger partial charge in [-0.2, -0.15) is 5.26 Å². The third-order valence-electron chi connectivity index (χ3n) is 3.90. The second kappa shape index (κ2) is 5.66. The van der Waals surface area contributed by atoms with Gasteiger partial charge in [0.1, 0.15) is 29.6 Å². The largest absolute Gasteiger partial charge is 0.378 e. The Kier molecular flexibility index (Phi) is 3.37. The smallest absolute Gasteiger partial charge is 0.143 e. The Balaban J connectivity index is 1.89. The number of hydrogen-bond donors (Lipinski definition) is 1. The molecule has 1 N–H and O–H groups in total. The minimum absolute atomic E-state index is 0.390. The van der Waals surface area contributed by atoms with E-state index < -0.39 is 0 Å². The highest BCUT2D eigenvalue weighted by Crippen LogP contribution is 2.32. The molecule has 7 heteroatoms. The van der Waals surface area contributed by atoms with E-state index in [0.29, 0.717) is 18.9 Å². The zero-order valence-corrected chi connectivity index (χ0v) is 12.4. The molecule has 0 unspecified atom stereocenters. The first-order valence-electron chi connectivity index (χ1n) is 7.39. The van der Waals surface area contributed by atoms with Crippen molar-refractivity contribution in [3.05, 3.63) is 36.4 Å². The van der Waals surface area contributed by atoms with E-state index in [-0.39, 0.29) is 0 Å². The number of ether oxygens (including phenoxy) is 1. The number of pyridine rings is 1. The number of H-pyrrole nitrogens is 1. The number of anilines is 1. The van der Waals surface area contributed by atoms with Crippen LogP contribution in [0.15, 0.2) is 30.7 Å². The van der Waals surface area contributed by atoms with Crippen LogP contribution in [-0.4, -0.2) is 46.2 Å². The first-order chi connectivity index (χ1) is 11.4. The molecule has 0 aliphatic carbocycles. The van der Waals surface area contributed by atoms with Crippen molar-refractivity contribution in [3.8, 4) is 17.3 Å². The number of fused-ring (bicyclic) bond motifs is 1. The lowest BCUT2D eigenvalue weighted by Gasteiger charge is -2.28. The average Bonchev–Trinajstić information content (AvgIpc) is 3.07. The topological polar surface area (TPSA) is 90.7 Å². The highest BCUT2D eigenvalue weighted by Gasteiger charge is 2.20. The predicted molar refractivity (Wildman–Crippen MR) is 84.9 cm³/mol. The van der Waals surface area contributed by atoms with Crippen LogP contribution in [0.4, 0.5) is 5.82 Å². The summed E-state index contributed by atoms with van der Waals surface area (Å²) in [5, 5.41) is 9.99. The molecule has 3 aromatic rings. The summed E-state index contributed by atoms with van der Waals surface area (Å²) in [6, 6.07) is 7.49. The molecule has 1 fully saturated rings. The molecule has 114 valence electrons. The van der Waals surface area contributed by atoms with Gasteiger partial charge >= 0.3 is 0 Å². The van der Waals surface area contributed by atoms with Crippen LogP contribution in [0, 0.1) is 11.3 Å². The van der Waals surface area contributed by atoms with Gasteiger partial charge in [-0.15, -0.1) is 0 Å². The zero-order valence-electron chi connectivity index (χ0n) is 12.4. The minimum atomic E-state index is 0.390. The number of nitrogens with zero attached hydrogens (tertiary/aromatic N) is 5. The standard InChI is InChI=1S/C16H14N6O/c17-8-11-2-1-3-13(21-11)12-9-18-15-14(12)16(20-10-19-15)22-4-6-23-7-5-22/h1-3,9-10H,4-7H2,(H,18,19,20). The molecule has 0 aromatic carbocycles. The summed E-state index contributed by atoms with van der Waals surface area (Å²) in [6.45, 7) is 2.96. The highest BCUT2D eigenvalue weighted by atomic mass is 16.5. The summed E-state index contributed by atoms with van der Waals surface area (Å²) in [5.41, 5.74) is 2.79. The minimum Gasteiger partial charge on any atom is -0.378 e. The summed E-state index contributed by atoms with van der Waals surface area (Å²) in [4.78, 5) is 18.5. The van der Waals surface area contributed by atoms with Crippen molar-refractivity contribution in [3.63, 3.8) is 0 Å². The van der Waals surface area contributed by atoms with Crippen molar-refractivity contribution in [2.24, 2.45) is 0 Å². The van der Waals surface area contributed by atoms with E-state index in [9.17, 15) is 0 Å². The Morgan fingerprint density at radius 3 is 2.91 bits per heavy atom. The molecule has 4 rings (SSSR count). The maximum Gasteiger partial charge on any atom is 0.143 e. The van der Waals surface area contributed by atoms with Crippen molar-refractivity contribution in [2.45, 2.75) is 0 Å². The molecule has 7 nitrogen and oxygen atoms in total. The molecule has 3 aromatic heterocycles. The molecule has 0 spiro atoms. The second-order valence-corrected chi connectivity index (χ2v) is 5.24. The SMILES string of the molecule is N#Cc1cccc(-c2c[nH]c3ncnc(N4CCOCC4)c23)n1. The summed E-state index contributed by atoms with van der Waals surface area (Å²) < 4.78 is 5.42. The van der Waals surface area contributed by atoms with Crippen LogP contribution in [-0.2, 0) is 4.74 Å². The maximum atomic E-state index is 9.06. The Hall–Kier alpha value is -2.98. The van der Waals surface area contributed by atoms with Crippen molar-refractivity contribution in [1.82, 2.24) is 19.9 Å². The van der Waals surface area contributed by atoms with Crippen LogP contribution in [0.3, 0.4) is 0 Å². The van der Waals surface area contributed by atoms with E-state index in [1.807, 2.05) is 18.3 Å². The third kappa shape index (κ3) is 2.39. The number of nitriles is 1. The Bertz CT molecular complexity index is 891. The second-order valence-electron chi connectivity index (χ2n) is 5.24. The molecule has 23 heavy (non-hydrogen) atoms. The van der Waals surface area contributed by atoms with Crippen molar-refractivity contribution in [1.29, 1.82) is 5.26 Å². The molecule has 0 radical (unpaired) electrons. The molecular weight excluding hydrogens is 292 g/mol. The van der Waals surface area contributed by atoms with E-state index >= 15 is 0 Å². The summed E-state index contributed by atoms with van der Waals surface area (Å²) >= 11 is 0. The number of rotatable bonds is 2. The monoisotopic (exact) mass is 306 g/mol. The molecule has 0 saturated carbocycles. The van der Waals surface area contributed by atoms with Gasteiger partial charge in [0.15, 0.2) is 0 Å². The van der Waals surface area contributed by atoms with Crippen LogP contribution in [0.25, 0.3) is 22.3 Å². The first kappa shape index (κ1) is 13.7. The summed E-state index contributed by atoms with van der Waals surface area (Å²) in [7, 11) is 0. The zero-order chi connectivity index (χ0) is 15.6. The van der Waals surface area contributed by atoms with E-state index in [0.717, 1.165) is 41.2 Å². The molecule has 4 heterocycles. The molecule has 1 saturated heterocycles. The van der Waals surface area contributed by atoms with Gasteiger partial charge in [0.25, 0.3) is 0 Å². The number of nitrogens with one attached hydrogen (secondary N) is 1. The molecule has 1 aliphatic rings. The maximum absolute atomic E-state index is 9.06. The van der Waals surface area contributed by atoms with Crippen LogP contribution in [0.5, 0.6) is 0 Å². The lowest BCUT2D eigenvalue weighted by Crippen LogP contribution is -2.36. The van der Waals surface area contributed by atoms with Gasteiger partial charge in [0, 0.05) is 24.8 Å². The van der Waals surface area contributed by atoms with Crippen molar-refractivity contribution >= 4 is 16.9 Å². The van der Waals surface area contributed by atoms with Crippen LogP contribution in [0.2, 0.25) is 0 Å². The number of morpholine rings is 1. The molecule has 0 amide bonds. The number of aromatic nitrogens is 4. The Morgan fingerprint density at radius 1 is 1.22 bits per heavy atom. The lowest BCUT2D eigenvalue weighted by atomic mass is 10.1. The van der Waals surface area contributed by atoms with Gasteiger partial charge in [-0.3, -0.25) is 0 Å². The third-order valence-corrected chi connectivity index (χ3v) is 3.90. The molecular formula is C16H14N6O. The fraction of sp³-hybridized carbons (Fsp3) is 0.250. The van der Waals surface area contributed by atoms with Crippen LogP contribution in [0.1, 0.15) is 5.69 Å².